The molecule has 0 aliphatic rings. The van der Waals surface area contributed by atoms with Crippen molar-refractivity contribution in [1.29, 1.82) is 0 Å². The molecule has 0 bridgehead atoms. The van der Waals surface area contributed by atoms with Crippen molar-refractivity contribution in [2.45, 2.75) is 18.9 Å². The maximum atomic E-state index is 11.2. The minimum absolute atomic E-state index is 0.289. The third-order valence-corrected chi connectivity index (χ3v) is 4.00. The topological polar surface area (TPSA) is 44.8 Å². The second kappa shape index (κ2) is 4.59. The molecule has 0 aromatic carbocycles. The molecule has 0 heterocycles. The summed E-state index contributed by atoms with van der Waals surface area (Å²) < 4.78 is 14.8. The van der Waals surface area contributed by atoms with E-state index in [9.17, 15) is 4.79 Å². The number of carbonyl (C=O) groups excluding carboxylic acids is 1. The van der Waals surface area contributed by atoms with Crippen LogP contribution in [0.25, 0.3) is 0 Å². The minimum Gasteiger partial charge on any atom is -0.469 e. The third-order valence-electron chi connectivity index (χ3n) is 1.73. The fourth-order valence-corrected chi connectivity index (χ4v) is 2.73. The molecule has 0 radical (unpaired) electrons. The highest BCUT2D eigenvalue weighted by atomic mass is 28.3. The van der Waals surface area contributed by atoms with E-state index in [1.54, 1.807) is 28.1 Å². The van der Waals surface area contributed by atoms with E-state index in [0.29, 0.717) is 0 Å². The first-order valence-electron chi connectivity index (χ1n) is 3.64. The van der Waals surface area contributed by atoms with Crippen LogP contribution in [0.5, 0.6) is 0 Å². The van der Waals surface area contributed by atoms with E-state index in [1.165, 1.54) is 7.11 Å². The number of carbonyl (C=O) groups is 1. The highest BCUT2D eigenvalue weighted by molar-refractivity contribution is 6.53. The normalized spacial score (nSPS) is 11.8. The Hall–Kier alpha value is -0.393. The Morgan fingerprint density at radius 3 is 1.83 bits per heavy atom. The van der Waals surface area contributed by atoms with Gasteiger partial charge in [0.05, 0.1) is 7.11 Å². The Balaban J connectivity index is 4.44. The number of rotatable bonds is 4. The maximum Gasteiger partial charge on any atom is 0.338 e. The van der Waals surface area contributed by atoms with E-state index < -0.39 is 14.3 Å². The van der Waals surface area contributed by atoms with Gasteiger partial charge in [0.15, 0.2) is 0 Å². The lowest BCUT2D eigenvalue weighted by Gasteiger charge is -2.26. The van der Waals surface area contributed by atoms with E-state index in [2.05, 4.69) is 4.74 Å². The van der Waals surface area contributed by atoms with Gasteiger partial charge in [-0.15, -0.1) is 0 Å². The Bertz CT molecular complexity index is 153. The molecule has 0 rings (SSSR count). The van der Waals surface area contributed by atoms with Crippen molar-refractivity contribution in [3.05, 3.63) is 0 Å². The summed E-state index contributed by atoms with van der Waals surface area (Å²) >= 11 is 0. The molecule has 0 atom stereocenters. The first-order chi connectivity index (χ1) is 5.50. The van der Waals surface area contributed by atoms with E-state index in [4.69, 9.17) is 8.85 Å². The molecule has 72 valence electrons. The molecule has 0 fully saturated rings. The Morgan fingerprint density at radius 2 is 1.58 bits per heavy atom. The summed E-state index contributed by atoms with van der Waals surface area (Å²) in [6, 6.07) is 0. The zero-order valence-corrected chi connectivity index (χ0v) is 9.37. The van der Waals surface area contributed by atoms with Gasteiger partial charge in [0.2, 0.25) is 0 Å². The molecule has 0 aromatic rings. The molecule has 0 spiro atoms. The van der Waals surface area contributed by atoms with Gasteiger partial charge in [-0.25, -0.2) is 0 Å². The van der Waals surface area contributed by atoms with E-state index in [-0.39, 0.29) is 5.97 Å². The molecule has 12 heavy (non-hydrogen) atoms. The molecule has 0 saturated heterocycles. The summed E-state index contributed by atoms with van der Waals surface area (Å²) in [7, 11) is 2.50. The lowest BCUT2D eigenvalue weighted by molar-refractivity contribution is -0.144. The van der Waals surface area contributed by atoms with Crippen LogP contribution in [-0.2, 0) is 18.4 Å². The van der Waals surface area contributed by atoms with Crippen LogP contribution in [0.2, 0.25) is 5.04 Å². The van der Waals surface area contributed by atoms with Crippen molar-refractivity contribution in [2.24, 2.45) is 0 Å². The molecule has 0 unspecified atom stereocenters. The zero-order chi connectivity index (χ0) is 9.78. The van der Waals surface area contributed by atoms with Crippen LogP contribution in [0.4, 0.5) is 0 Å². The summed E-state index contributed by atoms with van der Waals surface area (Å²) in [5.41, 5.74) is 0. The summed E-state index contributed by atoms with van der Waals surface area (Å²) in [6.07, 6.45) is 0. The number of ether oxygens (including phenoxy) is 1. The van der Waals surface area contributed by atoms with Gasteiger partial charge in [-0.05, 0) is 13.8 Å². The quantitative estimate of drug-likeness (QED) is 0.479. The lowest BCUT2D eigenvalue weighted by atomic mass is 10.2. The van der Waals surface area contributed by atoms with Crippen LogP contribution < -0.4 is 0 Å². The number of methoxy groups -OCH3 is 1. The fraction of sp³-hybridized carbons (Fsp3) is 0.857. The third kappa shape index (κ3) is 2.30. The van der Waals surface area contributed by atoms with Crippen molar-refractivity contribution >= 4 is 15.3 Å². The van der Waals surface area contributed by atoms with Gasteiger partial charge in [-0.1, -0.05) is 0 Å². The minimum atomic E-state index is -1.95. The van der Waals surface area contributed by atoms with Crippen LogP contribution in [0.1, 0.15) is 13.8 Å². The predicted octanol–water partition coefficient (Wildman–Crippen LogP) is 0.453. The fourth-order valence-electron chi connectivity index (χ4n) is 1.04. The van der Waals surface area contributed by atoms with Crippen molar-refractivity contribution in [3.8, 4) is 0 Å². The van der Waals surface area contributed by atoms with Crippen molar-refractivity contribution in [1.82, 2.24) is 0 Å². The highest BCUT2D eigenvalue weighted by Gasteiger charge is 2.41. The van der Waals surface area contributed by atoms with Gasteiger partial charge in [0.1, 0.15) is 5.04 Å². The van der Waals surface area contributed by atoms with E-state index in [0.717, 1.165) is 0 Å². The van der Waals surface area contributed by atoms with Crippen LogP contribution in [0, 0.1) is 0 Å². The highest BCUT2D eigenvalue weighted by Crippen LogP contribution is 2.30. The molecule has 0 aliphatic heterocycles. The average molecular weight is 192 g/mol. The van der Waals surface area contributed by atoms with Crippen LogP contribution in [-0.4, -0.2) is 36.6 Å². The molecule has 0 aliphatic carbocycles. The molecular weight excluding hydrogens is 176 g/mol. The summed E-state index contributed by atoms with van der Waals surface area (Å²) in [5.74, 6) is -0.289. The van der Waals surface area contributed by atoms with E-state index >= 15 is 0 Å². The van der Waals surface area contributed by atoms with Gasteiger partial charge in [-0.3, -0.25) is 4.79 Å². The molecule has 0 amide bonds. The maximum absolute atomic E-state index is 11.2. The molecule has 5 heteroatoms. The van der Waals surface area contributed by atoms with Crippen LogP contribution in [0.3, 0.4) is 0 Å². The van der Waals surface area contributed by atoms with Gasteiger partial charge >= 0.3 is 15.3 Å². The second-order valence-corrected chi connectivity index (χ2v) is 6.07. The lowest BCUT2D eigenvalue weighted by Crippen LogP contribution is -2.39. The summed E-state index contributed by atoms with van der Waals surface area (Å²) in [4.78, 5) is 11.2. The smallest absolute Gasteiger partial charge is 0.338 e. The van der Waals surface area contributed by atoms with Gasteiger partial charge in [-0.2, -0.15) is 0 Å². The molecular formula is C7H16O4Si. The van der Waals surface area contributed by atoms with Crippen molar-refractivity contribution in [3.63, 3.8) is 0 Å². The summed E-state index contributed by atoms with van der Waals surface area (Å²) in [6.45, 7) is 3.53. The predicted molar refractivity (Wildman–Crippen MR) is 47.2 cm³/mol. The number of hydrogen-bond acceptors (Lipinski definition) is 4. The number of esters is 1. The first kappa shape index (κ1) is 11.6. The molecule has 0 N–H and O–H groups in total. The Labute approximate surface area is 74.7 Å². The molecule has 4 nitrogen and oxygen atoms in total. The second-order valence-electron chi connectivity index (χ2n) is 3.02. The molecule has 0 aromatic heterocycles. The van der Waals surface area contributed by atoms with Crippen molar-refractivity contribution in [2.75, 3.05) is 21.3 Å². The zero-order valence-electron chi connectivity index (χ0n) is 8.21. The van der Waals surface area contributed by atoms with Gasteiger partial charge in [0.25, 0.3) is 0 Å². The average Bonchev–Trinajstić information content (AvgIpc) is 2.04. The monoisotopic (exact) mass is 192 g/mol. The summed E-state index contributed by atoms with van der Waals surface area (Å²) in [5, 5.41) is -0.641. The SMILES string of the molecule is COC(=O)C(C)(C)[SiH](OC)OC. The van der Waals surface area contributed by atoms with Gasteiger partial charge in [0, 0.05) is 14.2 Å². The van der Waals surface area contributed by atoms with Crippen LogP contribution >= 0.6 is 0 Å². The first-order valence-corrected chi connectivity index (χ1v) is 5.16. The van der Waals surface area contributed by atoms with Gasteiger partial charge < -0.3 is 13.6 Å². The Kier molecular flexibility index (Phi) is 4.44. The molecule has 0 saturated carbocycles. The standard InChI is InChI=1S/C7H16O4Si/c1-7(2,6(8)9-3)12(10-4)11-5/h12H,1-5H3. The largest absolute Gasteiger partial charge is 0.469 e. The number of hydrogen-bond donors (Lipinski definition) is 0. The van der Waals surface area contributed by atoms with Crippen molar-refractivity contribution < 1.29 is 18.4 Å². The van der Waals surface area contributed by atoms with E-state index in [1.807, 2.05) is 0 Å². The Morgan fingerprint density at radius 1 is 1.17 bits per heavy atom. The van der Waals surface area contributed by atoms with Crippen LogP contribution in [0.15, 0.2) is 0 Å².